The highest BCUT2D eigenvalue weighted by Crippen LogP contribution is 2.32. The van der Waals surface area contributed by atoms with Gasteiger partial charge in [0.15, 0.2) is 0 Å². The Kier molecular flexibility index (Phi) is 5.11. The third kappa shape index (κ3) is 3.69. The van der Waals surface area contributed by atoms with Gasteiger partial charge in [0.2, 0.25) is 0 Å². The average molecular weight is 366 g/mol. The third-order valence-corrected chi connectivity index (χ3v) is 3.93. The number of halogens is 2. The Morgan fingerprint density at radius 2 is 2.05 bits per heavy atom. The summed E-state index contributed by atoms with van der Waals surface area (Å²) in [6, 6.07) is 13.1. The van der Waals surface area contributed by atoms with Crippen molar-refractivity contribution in [2.75, 3.05) is 12.4 Å². The van der Waals surface area contributed by atoms with E-state index in [0.29, 0.717) is 10.6 Å². The number of hydrogen-bond acceptors (Lipinski definition) is 3. The van der Waals surface area contributed by atoms with Crippen LogP contribution in [0.3, 0.4) is 0 Å². The number of anilines is 1. The Morgan fingerprint density at radius 3 is 2.67 bits per heavy atom. The summed E-state index contributed by atoms with van der Waals surface area (Å²) >= 11 is 9.66. The maximum Gasteiger partial charge on any atom is 0.124 e. The molecular formula is C16H14BrClN2O. The van der Waals surface area contributed by atoms with Crippen molar-refractivity contribution in [2.45, 2.75) is 13.0 Å². The van der Waals surface area contributed by atoms with Gasteiger partial charge in [-0.05, 0) is 43.3 Å². The van der Waals surface area contributed by atoms with Crippen LogP contribution >= 0.6 is 27.5 Å². The molecule has 0 saturated carbocycles. The summed E-state index contributed by atoms with van der Waals surface area (Å²) in [6.07, 6.45) is 0. The minimum absolute atomic E-state index is 0.00267. The third-order valence-electron chi connectivity index (χ3n) is 3.13. The fourth-order valence-corrected chi connectivity index (χ4v) is 2.67. The molecular weight excluding hydrogens is 352 g/mol. The van der Waals surface area contributed by atoms with Crippen LogP contribution in [0.15, 0.2) is 40.9 Å². The van der Waals surface area contributed by atoms with E-state index in [0.717, 1.165) is 21.5 Å². The normalized spacial score (nSPS) is 11.6. The lowest BCUT2D eigenvalue weighted by atomic mass is 10.1. The highest BCUT2D eigenvalue weighted by molar-refractivity contribution is 9.10. The van der Waals surface area contributed by atoms with Crippen LogP contribution in [0.4, 0.5) is 5.69 Å². The van der Waals surface area contributed by atoms with E-state index < -0.39 is 0 Å². The topological polar surface area (TPSA) is 45.0 Å². The quantitative estimate of drug-likeness (QED) is 0.814. The van der Waals surface area contributed by atoms with Gasteiger partial charge >= 0.3 is 0 Å². The lowest BCUT2D eigenvalue weighted by Gasteiger charge is -2.19. The number of benzene rings is 2. The number of rotatable bonds is 4. The highest BCUT2D eigenvalue weighted by atomic mass is 79.9. The van der Waals surface area contributed by atoms with Crippen LogP contribution in [0.25, 0.3) is 0 Å². The molecule has 0 aliphatic rings. The van der Waals surface area contributed by atoms with E-state index >= 15 is 0 Å². The second-order valence-electron chi connectivity index (χ2n) is 4.56. The van der Waals surface area contributed by atoms with Gasteiger partial charge in [-0.2, -0.15) is 5.26 Å². The van der Waals surface area contributed by atoms with Crippen molar-refractivity contribution in [1.29, 1.82) is 5.26 Å². The molecule has 3 nitrogen and oxygen atoms in total. The number of nitrogens with zero attached hydrogens (tertiary/aromatic N) is 1. The molecule has 2 rings (SSSR count). The number of nitriles is 1. The van der Waals surface area contributed by atoms with Gasteiger partial charge < -0.3 is 10.1 Å². The zero-order valence-electron chi connectivity index (χ0n) is 11.7. The van der Waals surface area contributed by atoms with Gasteiger partial charge in [0.25, 0.3) is 0 Å². The molecule has 108 valence electrons. The van der Waals surface area contributed by atoms with E-state index in [2.05, 4.69) is 27.3 Å². The maximum absolute atomic E-state index is 8.86. The van der Waals surface area contributed by atoms with E-state index in [1.54, 1.807) is 19.2 Å². The maximum atomic E-state index is 8.86. The zero-order valence-corrected chi connectivity index (χ0v) is 14.0. The molecule has 5 heteroatoms. The van der Waals surface area contributed by atoms with Crippen molar-refractivity contribution < 1.29 is 4.74 Å². The second-order valence-corrected chi connectivity index (χ2v) is 5.88. The van der Waals surface area contributed by atoms with Crippen molar-refractivity contribution in [3.05, 3.63) is 57.0 Å². The summed E-state index contributed by atoms with van der Waals surface area (Å²) in [4.78, 5) is 0. The minimum Gasteiger partial charge on any atom is -0.496 e. The molecule has 0 radical (unpaired) electrons. The van der Waals surface area contributed by atoms with E-state index in [-0.39, 0.29) is 6.04 Å². The standard InChI is InChI=1S/C16H14BrClN2O/c1-10(13-8-12(17)4-6-16(13)21-2)20-15-5-3-11(9-19)7-14(15)18/h3-8,10,20H,1-2H3/t10-/m0/s1. The number of hydrogen-bond donors (Lipinski definition) is 1. The van der Waals surface area contributed by atoms with Gasteiger partial charge in [-0.3, -0.25) is 0 Å². The van der Waals surface area contributed by atoms with Gasteiger partial charge in [-0.15, -0.1) is 0 Å². The molecule has 0 spiro atoms. The molecule has 2 aromatic carbocycles. The molecule has 0 heterocycles. The predicted octanol–water partition coefficient (Wildman–Crippen LogP) is 5.16. The molecule has 0 bridgehead atoms. The van der Waals surface area contributed by atoms with E-state index in [9.17, 15) is 0 Å². The van der Waals surface area contributed by atoms with Gasteiger partial charge in [-0.1, -0.05) is 27.5 Å². The first-order valence-corrected chi connectivity index (χ1v) is 7.52. The summed E-state index contributed by atoms with van der Waals surface area (Å²) < 4.78 is 6.37. The first-order valence-electron chi connectivity index (χ1n) is 6.34. The first-order chi connectivity index (χ1) is 10.0. The average Bonchev–Trinajstić information content (AvgIpc) is 2.49. The Morgan fingerprint density at radius 1 is 1.29 bits per heavy atom. The highest BCUT2D eigenvalue weighted by Gasteiger charge is 2.13. The summed E-state index contributed by atoms with van der Waals surface area (Å²) in [5, 5.41) is 12.7. The zero-order chi connectivity index (χ0) is 15.4. The van der Waals surface area contributed by atoms with Crippen LogP contribution in [-0.2, 0) is 0 Å². The van der Waals surface area contributed by atoms with Crippen LogP contribution in [-0.4, -0.2) is 7.11 Å². The molecule has 0 fully saturated rings. The monoisotopic (exact) mass is 364 g/mol. The second kappa shape index (κ2) is 6.84. The molecule has 2 aromatic rings. The number of ether oxygens (including phenoxy) is 1. The predicted molar refractivity (Wildman–Crippen MR) is 88.9 cm³/mol. The minimum atomic E-state index is 0.00267. The SMILES string of the molecule is COc1ccc(Br)cc1[C@H](C)Nc1ccc(C#N)cc1Cl. The smallest absolute Gasteiger partial charge is 0.124 e. The van der Waals surface area contributed by atoms with Crippen molar-refractivity contribution in [3.63, 3.8) is 0 Å². The molecule has 0 aliphatic heterocycles. The summed E-state index contributed by atoms with van der Waals surface area (Å²) in [5.41, 5.74) is 2.34. The first kappa shape index (κ1) is 15.7. The number of methoxy groups -OCH3 is 1. The van der Waals surface area contributed by atoms with Gasteiger partial charge in [0.05, 0.1) is 35.5 Å². The summed E-state index contributed by atoms with van der Waals surface area (Å²) in [5.74, 6) is 0.808. The Labute approximate surface area is 137 Å². The van der Waals surface area contributed by atoms with Crippen LogP contribution in [0.1, 0.15) is 24.1 Å². The van der Waals surface area contributed by atoms with Gasteiger partial charge in [0.1, 0.15) is 5.75 Å². The van der Waals surface area contributed by atoms with Crippen molar-refractivity contribution >= 4 is 33.2 Å². The molecule has 1 atom stereocenters. The Hall–Kier alpha value is -1.70. The lowest BCUT2D eigenvalue weighted by molar-refractivity contribution is 0.408. The van der Waals surface area contributed by atoms with Gasteiger partial charge in [0, 0.05) is 10.0 Å². The van der Waals surface area contributed by atoms with Gasteiger partial charge in [-0.25, -0.2) is 0 Å². The van der Waals surface area contributed by atoms with E-state index in [1.165, 1.54) is 0 Å². The molecule has 21 heavy (non-hydrogen) atoms. The van der Waals surface area contributed by atoms with Crippen LogP contribution in [0.5, 0.6) is 5.75 Å². The van der Waals surface area contributed by atoms with Crippen molar-refractivity contribution in [1.82, 2.24) is 0 Å². The fourth-order valence-electron chi connectivity index (χ4n) is 2.06. The van der Waals surface area contributed by atoms with Crippen LogP contribution in [0, 0.1) is 11.3 Å². The Bertz CT molecular complexity index is 697. The Balaban J connectivity index is 2.28. The molecule has 0 aromatic heterocycles. The molecule has 1 N–H and O–H groups in total. The largest absolute Gasteiger partial charge is 0.496 e. The fraction of sp³-hybridized carbons (Fsp3) is 0.188. The van der Waals surface area contributed by atoms with Crippen molar-refractivity contribution in [3.8, 4) is 11.8 Å². The molecule has 0 amide bonds. The summed E-state index contributed by atoms with van der Waals surface area (Å²) in [7, 11) is 1.65. The number of nitrogens with one attached hydrogen (secondary N) is 1. The molecule has 0 aliphatic carbocycles. The molecule has 0 saturated heterocycles. The van der Waals surface area contributed by atoms with E-state index in [4.69, 9.17) is 21.6 Å². The van der Waals surface area contributed by atoms with Crippen molar-refractivity contribution in [2.24, 2.45) is 0 Å². The lowest BCUT2D eigenvalue weighted by Crippen LogP contribution is -2.08. The van der Waals surface area contributed by atoms with Crippen LogP contribution < -0.4 is 10.1 Å². The summed E-state index contributed by atoms with van der Waals surface area (Å²) in [6.45, 7) is 2.03. The van der Waals surface area contributed by atoms with E-state index in [1.807, 2.05) is 31.2 Å². The molecule has 0 unspecified atom stereocenters. The van der Waals surface area contributed by atoms with Crippen LogP contribution in [0.2, 0.25) is 5.02 Å².